The number of benzene rings is 1. The first-order valence-electron chi connectivity index (χ1n) is 8.11. The highest BCUT2D eigenvalue weighted by atomic mass is 32.2. The van der Waals surface area contributed by atoms with Crippen LogP contribution in [-0.2, 0) is 14.4 Å². The summed E-state index contributed by atoms with van der Waals surface area (Å²) < 4.78 is 30.4. The predicted octanol–water partition coefficient (Wildman–Crippen LogP) is 3.92. The van der Waals surface area contributed by atoms with Crippen molar-refractivity contribution in [3.8, 4) is 0 Å². The summed E-state index contributed by atoms with van der Waals surface area (Å²) in [5, 5.41) is 4.03. The van der Waals surface area contributed by atoms with E-state index in [4.69, 9.17) is 4.43 Å². The van der Waals surface area contributed by atoms with Crippen LogP contribution in [0.4, 0.5) is 0 Å². The normalized spacial score (nSPS) is 14.8. The van der Waals surface area contributed by atoms with E-state index in [9.17, 15) is 8.42 Å². The summed E-state index contributed by atoms with van der Waals surface area (Å²) in [4.78, 5) is 2.45. The largest absolute Gasteiger partial charge is 0.416 e. The third-order valence-electron chi connectivity index (χ3n) is 4.35. The molecule has 1 atom stereocenters. The molecule has 0 saturated carbocycles. The van der Waals surface area contributed by atoms with Gasteiger partial charge in [-0.15, -0.1) is 0 Å². The van der Waals surface area contributed by atoms with Gasteiger partial charge in [-0.3, -0.25) is 0 Å². The van der Waals surface area contributed by atoms with Crippen molar-refractivity contribution in [2.75, 3.05) is 6.61 Å². The molecule has 1 rings (SSSR count). The molecule has 0 aliphatic heterocycles. The molecule has 0 aliphatic carbocycles. The zero-order valence-corrected chi connectivity index (χ0v) is 17.6. The Morgan fingerprint density at radius 3 is 2.29 bits per heavy atom. The molecule has 0 amide bonds. The minimum atomic E-state index is -3.62. The molecule has 0 aromatic heterocycles. The topological polar surface area (TPSA) is 67.8 Å². The summed E-state index contributed by atoms with van der Waals surface area (Å²) >= 11 is 0. The number of nitrogens with zero attached hydrogens (tertiary/aromatic N) is 1. The van der Waals surface area contributed by atoms with Crippen LogP contribution >= 0.6 is 0 Å². The highest BCUT2D eigenvalue weighted by Gasteiger charge is 2.37. The monoisotopic (exact) mass is 370 g/mol. The Balaban J connectivity index is 2.59. The Hall–Kier alpha value is -1.18. The second kappa shape index (κ2) is 7.80. The average molecular weight is 371 g/mol. The first kappa shape index (κ1) is 20.9. The van der Waals surface area contributed by atoms with Crippen molar-refractivity contribution in [3.05, 3.63) is 29.8 Å². The Morgan fingerprint density at radius 1 is 1.25 bits per heavy atom. The summed E-state index contributed by atoms with van der Waals surface area (Å²) in [6, 6.07) is 6.65. The number of hydrogen-bond acceptors (Lipinski definition) is 4. The quantitative estimate of drug-likeness (QED) is 0.449. The van der Waals surface area contributed by atoms with Gasteiger partial charge in [-0.05, 0) is 37.2 Å². The molecule has 5 nitrogen and oxygen atoms in total. The fourth-order valence-electron chi connectivity index (χ4n) is 1.60. The van der Waals surface area contributed by atoms with E-state index in [2.05, 4.69) is 43.8 Å². The van der Waals surface area contributed by atoms with Crippen molar-refractivity contribution >= 4 is 24.6 Å². The number of hydrazone groups is 1. The maximum Gasteiger partial charge on any atom is 0.276 e. The Kier molecular flexibility index (Phi) is 6.78. The molecule has 0 radical (unpaired) electrons. The van der Waals surface area contributed by atoms with Gasteiger partial charge in [-0.1, -0.05) is 45.4 Å². The van der Waals surface area contributed by atoms with Gasteiger partial charge in [-0.2, -0.15) is 13.5 Å². The fraction of sp³-hybridized carbons (Fsp3) is 0.588. The van der Waals surface area contributed by atoms with Gasteiger partial charge >= 0.3 is 0 Å². The molecule has 1 aromatic rings. The zero-order chi connectivity index (χ0) is 18.6. The molecule has 1 aromatic carbocycles. The van der Waals surface area contributed by atoms with Crippen LogP contribution in [0.2, 0.25) is 18.1 Å². The van der Waals surface area contributed by atoms with Crippen LogP contribution in [0, 0.1) is 12.8 Å². The predicted molar refractivity (Wildman–Crippen MR) is 102 cm³/mol. The first-order chi connectivity index (χ1) is 10.8. The minimum absolute atomic E-state index is 0.0276. The molecular weight excluding hydrogens is 340 g/mol. The van der Waals surface area contributed by atoms with Crippen molar-refractivity contribution in [2.24, 2.45) is 11.0 Å². The molecule has 7 heteroatoms. The van der Waals surface area contributed by atoms with Crippen LogP contribution in [0.15, 0.2) is 34.3 Å². The average Bonchev–Trinajstić information content (AvgIpc) is 2.44. The Bertz CT molecular complexity index is 662. The summed E-state index contributed by atoms with van der Waals surface area (Å²) in [6.45, 7) is 15.3. The maximum atomic E-state index is 12.1. The number of rotatable bonds is 7. The smallest absolute Gasteiger partial charge is 0.276 e. The fourth-order valence-corrected chi connectivity index (χ4v) is 3.51. The van der Waals surface area contributed by atoms with Crippen molar-refractivity contribution < 1.29 is 12.8 Å². The Morgan fingerprint density at radius 2 is 1.79 bits per heavy atom. The number of aryl methyl sites for hydroxylation is 1. The van der Waals surface area contributed by atoms with Crippen LogP contribution in [-0.4, -0.2) is 29.6 Å². The molecular formula is C17H30N2O3SSi. The van der Waals surface area contributed by atoms with Gasteiger partial charge in [-0.25, -0.2) is 4.83 Å². The summed E-state index contributed by atoms with van der Waals surface area (Å²) in [5.74, 6) is 0.0276. The van der Waals surface area contributed by atoms with Gasteiger partial charge in [0.2, 0.25) is 0 Å². The van der Waals surface area contributed by atoms with Gasteiger partial charge in [0.1, 0.15) is 0 Å². The van der Waals surface area contributed by atoms with E-state index in [-0.39, 0.29) is 15.9 Å². The second-order valence-corrected chi connectivity index (χ2v) is 14.2. The molecule has 0 heterocycles. The standard InChI is InChI=1S/C17H30N2O3SSi/c1-14-8-10-16(11-9-14)23(20,21)19-18-12-15(2)13-22-24(6,7)17(3,4)5/h8-12,15,19H,13H2,1-7H3/b18-12+/t15-/m1/s1. The van der Waals surface area contributed by atoms with Gasteiger partial charge in [0, 0.05) is 18.7 Å². The van der Waals surface area contributed by atoms with E-state index < -0.39 is 18.3 Å². The molecule has 0 saturated heterocycles. The molecule has 0 fully saturated rings. The summed E-state index contributed by atoms with van der Waals surface area (Å²) in [5.41, 5.74) is 1.01. The van der Waals surface area contributed by atoms with E-state index in [1.54, 1.807) is 30.5 Å². The number of nitrogens with one attached hydrogen (secondary N) is 1. The van der Waals surface area contributed by atoms with Gasteiger partial charge in [0.05, 0.1) is 4.90 Å². The van der Waals surface area contributed by atoms with Gasteiger partial charge in [0.25, 0.3) is 10.0 Å². The van der Waals surface area contributed by atoms with Crippen molar-refractivity contribution in [2.45, 2.75) is 57.6 Å². The van der Waals surface area contributed by atoms with Crippen LogP contribution in [0.5, 0.6) is 0 Å². The lowest BCUT2D eigenvalue weighted by Gasteiger charge is -2.36. The number of hydrogen-bond donors (Lipinski definition) is 1. The SMILES string of the molecule is Cc1ccc(S(=O)(=O)N/N=C/[C@@H](C)CO[Si](C)(C)C(C)(C)C)cc1. The molecule has 136 valence electrons. The third-order valence-corrected chi connectivity index (χ3v) is 10.1. The van der Waals surface area contributed by atoms with Crippen LogP contribution < -0.4 is 4.83 Å². The molecule has 0 aliphatic rings. The zero-order valence-electron chi connectivity index (χ0n) is 15.8. The van der Waals surface area contributed by atoms with Gasteiger partial charge in [0.15, 0.2) is 8.32 Å². The lowest BCUT2D eigenvalue weighted by molar-refractivity contribution is 0.268. The van der Waals surface area contributed by atoms with E-state index in [0.29, 0.717) is 6.61 Å². The summed E-state index contributed by atoms with van der Waals surface area (Å²) in [6.07, 6.45) is 1.58. The van der Waals surface area contributed by atoms with Crippen molar-refractivity contribution in [1.29, 1.82) is 0 Å². The minimum Gasteiger partial charge on any atom is -0.416 e. The second-order valence-electron chi connectivity index (χ2n) is 7.73. The van der Waals surface area contributed by atoms with E-state index in [1.165, 1.54) is 0 Å². The maximum absolute atomic E-state index is 12.1. The highest BCUT2D eigenvalue weighted by molar-refractivity contribution is 7.89. The Labute approximate surface area is 147 Å². The lowest BCUT2D eigenvalue weighted by Crippen LogP contribution is -2.41. The first-order valence-corrected chi connectivity index (χ1v) is 12.5. The van der Waals surface area contributed by atoms with Gasteiger partial charge < -0.3 is 4.43 Å². The van der Waals surface area contributed by atoms with Crippen LogP contribution in [0.1, 0.15) is 33.3 Å². The summed E-state index contributed by atoms with van der Waals surface area (Å²) in [7, 11) is -5.42. The molecule has 1 N–H and O–H groups in total. The number of sulfonamides is 1. The molecule has 0 spiro atoms. The van der Waals surface area contributed by atoms with Crippen LogP contribution in [0.25, 0.3) is 0 Å². The molecule has 0 bridgehead atoms. The van der Waals surface area contributed by atoms with Crippen molar-refractivity contribution in [3.63, 3.8) is 0 Å². The van der Waals surface area contributed by atoms with E-state index in [1.807, 2.05) is 13.8 Å². The van der Waals surface area contributed by atoms with Crippen LogP contribution in [0.3, 0.4) is 0 Å². The highest BCUT2D eigenvalue weighted by Crippen LogP contribution is 2.36. The molecule has 24 heavy (non-hydrogen) atoms. The molecule has 0 unspecified atom stereocenters. The third kappa shape index (κ3) is 6.03. The van der Waals surface area contributed by atoms with E-state index in [0.717, 1.165) is 5.56 Å². The lowest BCUT2D eigenvalue weighted by atomic mass is 10.2. The van der Waals surface area contributed by atoms with Crippen molar-refractivity contribution in [1.82, 2.24) is 4.83 Å². The van der Waals surface area contributed by atoms with E-state index >= 15 is 0 Å².